The highest BCUT2D eigenvalue weighted by atomic mass is 32.1. The van der Waals surface area contributed by atoms with E-state index in [4.69, 9.17) is 5.73 Å². The highest BCUT2D eigenvalue weighted by molar-refractivity contribution is 7.21. The molecular formula is C24H22F5N7O2S. The van der Waals surface area contributed by atoms with Crippen LogP contribution < -0.4 is 11.1 Å². The normalized spacial score (nSPS) is 13.9. The second-order valence-corrected chi connectivity index (χ2v) is 10.2. The van der Waals surface area contributed by atoms with Gasteiger partial charge in [0.05, 0.1) is 11.4 Å². The number of pyridine rings is 1. The van der Waals surface area contributed by atoms with Gasteiger partial charge in [-0.2, -0.15) is 23.4 Å². The van der Waals surface area contributed by atoms with Gasteiger partial charge in [-0.1, -0.05) is 0 Å². The van der Waals surface area contributed by atoms with Crippen LogP contribution in [-0.4, -0.2) is 36.4 Å². The number of aryl methyl sites for hydroxylation is 2. The number of carbonyl (C=O) groups is 2. The van der Waals surface area contributed by atoms with Crippen molar-refractivity contribution < 1.29 is 31.5 Å². The second kappa shape index (κ2) is 9.70. The van der Waals surface area contributed by atoms with Crippen molar-refractivity contribution in [3.8, 4) is 11.1 Å². The van der Waals surface area contributed by atoms with Gasteiger partial charge in [0.1, 0.15) is 21.9 Å². The summed E-state index contributed by atoms with van der Waals surface area (Å²) in [4.78, 5) is 29.3. The van der Waals surface area contributed by atoms with Crippen LogP contribution in [0.1, 0.15) is 64.6 Å². The molecule has 1 aliphatic rings. The molecule has 0 unspecified atom stereocenters. The van der Waals surface area contributed by atoms with Gasteiger partial charge in [-0.25, -0.2) is 13.8 Å². The van der Waals surface area contributed by atoms with E-state index in [1.165, 1.54) is 6.07 Å². The second-order valence-electron chi connectivity index (χ2n) is 9.16. The third-order valence-corrected chi connectivity index (χ3v) is 7.44. The third kappa shape index (κ3) is 5.10. The number of fused-ring (bicyclic) bond motifs is 1. The Morgan fingerprint density at radius 1 is 1.21 bits per heavy atom. The van der Waals surface area contributed by atoms with Crippen molar-refractivity contribution >= 4 is 39.1 Å². The van der Waals surface area contributed by atoms with Crippen LogP contribution >= 0.6 is 11.3 Å². The lowest BCUT2D eigenvalue weighted by Crippen LogP contribution is -2.23. The Labute approximate surface area is 221 Å². The van der Waals surface area contributed by atoms with Crippen LogP contribution in [0, 0.1) is 6.92 Å². The molecule has 0 atom stereocenters. The standard InChI is InChI=1S/C24H22F5N7O2S/c1-3-35-8-13(10(2)33-35)12-6-14(21(25)26)31-23-18(12)19(20(39-23)22(30)38)32-17(37)9-36-15(11-4-5-11)7-16(34-36)24(27,28)29/h6-8,11,21H,3-5,9H2,1-2H3,(H2,30,38)(H,32,37). The van der Waals surface area contributed by atoms with Crippen LogP contribution in [0.15, 0.2) is 18.3 Å². The van der Waals surface area contributed by atoms with Gasteiger partial charge in [0.15, 0.2) is 5.69 Å². The van der Waals surface area contributed by atoms with Crippen molar-refractivity contribution in [2.45, 2.75) is 58.3 Å². The molecule has 3 N–H and O–H groups in total. The summed E-state index contributed by atoms with van der Waals surface area (Å²) in [7, 11) is 0. The van der Waals surface area contributed by atoms with Crippen LogP contribution in [-0.2, 0) is 24.1 Å². The molecule has 0 bridgehead atoms. The fourth-order valence-electron chi connectivity index (χ4n) is 4.40. The Kier molecular flexibility index (Phi) is 6.64. The predicted molar refractivity (Wildman–Crippen MR) is 133 cm³/mol. The number of carbonyl (C=O) groups excluding carboxylic acids is 2. The van der Waals surface area contributed by atoms with Gasteiger partial charge in [-0.3, -0.25) is 19.0 Å². The number of hydrogen-bond acceptors (Lipinski definition) is 6. The van der Waals surface area contributed by atoms with E-state index in [-0.39, 0.29) is 38.0 Å². The lowest BCUT2D eigenvalue weighted by atomic mass is 10.0. The fraction of sp³-hybridized carbons (Fsp3) is 0.375. The molecule has 39 heavy (non-hydrogen) atoms. The number of halogens is 5. The number of aromatic nitrogens is 5. The molecule has 2 amide bonds. The largest absolute Gasteiger partial charge is 0.435 e. The number of amides is 2. The van der Waals surface area contributed by atoms with E-state index in [2.05, 4.69) is 20.5 Å². The lowest BCUT2D eigenvalue weighted by molar-refractivity contribution is -0.141. The van der Waals surface area contributed by atoms with Gasteiger partial charge in [0.2, 0.25) is 5.91 Å². The first kappa shape index (κ1) is 26.7. The number of hydrogen-bond donors (Lipinski definition) is 2. The van der Waals surface area contributed by atoms with Crippen molar-refractivity contribution in [2.75, 3.05) is 5.32 Å². The van der Waals surface area contributed by atoms with Crippen LogP contribution in [0.3, 0.4) is 0 Å². The van der Waals surface area contributed by atoms with Crippen LogP contribution in [0.4, 0.5) is 27.6 Å². The Balaban J connectivity index is 1.60. The zero-order valence-electron chi connectivity index (χ0n) is 20.6. The summed E-state index contributed by atoms with van der Waals surface area (Å²) >= 11 is 0.733. The van der Waals surface area contributed by atoms with Crippen molar-refractivity contribution in [3.63, 3.8) is 0 Å². The maximum Gasteiger partial charge on any atom is 0.435 e. The van der Waals surface area contributed by atoms with Crippen LogP contribution in [0.25, 0.3) is 21.3 Å². The lowest BCUT2D eigenvalue weighted by Gasteiger charge is -2.11. The smallest absolute Gasteiger partial charge is 0.365 e. The number of primary amides is 1. The molecule has 4 aromatic rings. The molecule has 0 saturated heterocycles. The van der Waals surface area contributed by atoms with E-state index in [1.807, 2.05) is 6.92 Å². The highest BCUT2D eigenvalue weighted by Gasteiger charge is 2.38. The van der Waals surface area contributed by atoms with E-state index in [0.717, 1.165) is 22.1 Å². The topological polar surface area (TPSA) is 121 Å². The first-order chi connectivity index (χ1) is 18.4. The SMILES string of the molecule is CCn1cc(-c2cc(C(F)F)nc3sc(C(N)=O)c(NC(=O)Cn4nc(C(F)(F)F)cc4C4CC4)c23)c(C)n1. The van der Waals surface area contributed by atoms with Gasteiger partial charge in [0, 0.05) is 35.3 Å². The maximum atomic E-state index is 13.7. The average Bonchev–Trinajstić information content (AvgIpc) is 3.32. The maximum absolute atomic E-state index is 13.7. The number of thiophene rings is 1. The van der Waals surface area contributed by atoms with Crippen molar-refractivity contribution in [3.05, 3.63) is 46.0 Å². The van der Waals surface area contributed by atoms with Crippen molar-refractivity contribution in [1.29, 1.82) is 0 Å². The van der Waals surface area contributed by atoms with E-state index < -0.39 is 42.3 Å². The number of alkyl halides is 5. The first-order valence-electron chi connectivity index (χ1n) is 11.9. The predicted octanol–water partition coefficient (Wildman–Crippen LogP) is 5.26. The number of anilines is 1. The zero-order valence-corrected chi connectivity index (χ0v) is 21.5. The fourth-order valence-corrected chi connectivity index (χ4v) is 5.41. The van der Waals surface area contributed by atoms with Gasteiger partial charge < -0.3 is 11.1 Å². The molecule has 206 valence electrons. The molecule has 1 aliphatic carbocycles. The van der Waals surface area contributed by atoms with Gasteiger partial charge in [-0.15, -0.1) is 11.3 Å². The third-order valence-electron chi connectivity index (χ3n) is 6.34. The molecule has 1 fully saturated rings. The Morgan fingerprint density at radius 3 is 2.49 bits per heavy atom. The minimum atomic E-state index is -4.68. The van der Waals surface area contributed by atoms with Gasteiger partial charge >= 0.3 is 6.18 Å². The summed E-state index contributed by atoms with van der Waals surface area (Å²) in [5.74, 6) is -1.84. The molecule has 0 spiro atoms. The molecule has 4 heterocycles. The number of rotatable bonds is 8. The van der Waals surface area contributed by atoms with E-state index in [9.17, 15) is 31.5 Å². The molecule has 0 aromatic carbocycles. The highest BCUT2D eigenvalue weighted by Crippen LogP contribution is 2.44. The zero-order chi connectivity index (χ0) is 28.2. The number of nitrogens with one attached hydrogen (secondary N) is 1. The van der Waals surface area contributed by atoms with Crippen LogP contribution in [0.2, 0.25) is 0 Å². The average molecular weight is 568 g/mol. The molecule has 9 nitrogen and oxygen atoms in total. The molecule has 0 aliphatic heterocycles. The van der Waals surface area contributed by atoms with Gasteiger partial charge in [0.25, 0.3) is 12.3 Å². The number of nitrogens with two attached hydrogens (primary N) is 1. The molecule has 1 saturated carbocycles. The molecule has 4 aromatic heterocycles. The Morgan fingerprint density at radius 2 is 1.92 bits per heavy atom. The molecular weight excluding hydrogens is 545 g/mol. The summed E-state index contributed by atoms with van der Waals surface area (Å²) < 4.78 is 69.9. The van der Waals surface area contributed by atoms with E-state index >= 15 is 0 Å². The molecule has 5 rings (SSSR count). The molecule has 15 heteroatoms. The summed E-state index contributed by atoms with van der Waals surface area (Å²) in [6, 6.07) is 2.10. The van der Waals surface area contributed by atoms with E-state index in [0.29, 0.717) is 30.6 Å². The Hall–Kier alpha value is -3.88. The summed E-state index contributed by atoms with van der Waals surface area (Å²) in [5, 5.41) is 10.7. The summed E-state index contributed by atoms with van der Waals surface area (Å²) in [6.45, 7) is 3.47. The quantitative estimate of drug-likeness (QED) is 0.282. The monoisotopic (exact) mass is 567 g/mol. The Bertz CT molecular complexity index is 1600. The van der Waals surface area contributed by atoms with E-state index in [1.54, 1.807) is 17.8 Å². The first-order valence-corrected chi connectivity index (χ1v) is 12.7. The minimum Gasteiger partial charge on any atom is -0.365 e. The molecule has 0 radical (unpaired) electrons. The van der Waals surface area contributed by atoms with Crippen molar-refractivity contribution in [2.24, 2.45) is 5.73 Å². The van der Waals surface area contributed by atoms with Crippen molar-refractivity contribution in [1.82, 2.24) is 24.5 Å². The minimum absolute atomic E-state index is 0.0349. The van der Waals surface area contributed by atoms with Crippen LogP contribution in [0.5, 0.6) is 0 Å². The summed E-state index contributed by atoms with van der Waals surface area (Å²) in [5.41, 5.74) is 5.38. The van der Waals surface area contributed by atoms with Gasteiger partial charge in [-0.05, 0) is 44.4 Å². The summed E-state index contributed by atoms with van der Waals surface area (Å²) in [6.07, 6.45) is -4.60. The number of nitrogens with zero attached hydrogens (tertiary/aromatic N) is 5.